The fourth-order valence-electron chi connectivity index (χ4n) is 3.09. The number of esters is 1. The normalized spacial score (nSPS) is 17.1. The van der Waals surface area contributed by atoms with Crippen LogP contribution < -0.4 is 5.32 Å². The molecule has 1 aromatic carbocycles. The van der Waals surface area contributed by atoms with Gasteiger partial charge in [0.25, 0.3) is 5.91 Å². The number of benzene rings is 1. The molecule has 4 nitrogen and oxygen atoms in total. The molecule has 2 aliphatic rings. The summed E-state index contributed by atoms with van der Waals surface area (Å²) in [5.74, 6) is 2.24. The van der Waals surface area contributed by atoms with Gasteiger partial charge in [0, 0.05) is 17.1 Å². The molecule has 1 aliphatic heterocycles. The van der Waals surface area contributed by atoms with Gasteiger partial charge in [0.15, 0.2) is 0 Å². The van der Waals surface area contributed by atoms with Gasteiger partial charge in [-0.25, -0.2) is 4.79 Å². The molecule has 142 valence electrons. The summed E-state index contributed by atoms with van der Waals surface area (Å²) < 4.78 is 5.69. The second-order valence-electron chi connectivity index (χ2n) is 6.54. The Morgan fingerprint density at radius 3 is 2.48 bits per heavy atom. The number of hydrogen-bond acceptors (Lipinski definition) is 6. The van der Waals surface area contributed by atoms with Crippen LogP contribution in [-0.2, 0) is 4.74 Å². The molecular formula is C20H21NO3S3. The van der Waals surface area contributed by atoms with Crippen molar-refractivity contribution in [2.75, 3.05) is 23.4 Å². The van der Waals surface area contributed by atoms with Crippen molar-refractivity contribution in [1.82, 2.24) is 0 Å². The van der Waals surface area contributed by atoms with E-state index < -0.39 is 0 Å². The predicted molar refractivity (Wildman–Crippen MR) is 114 cm³/mol. The van der Waals surface area contributed by atoms with Gasteiger partial charge in [-0.1, -0.05) is 12.1 Å². The fourth-order valence-corrected chi connectivity index (χ4v) is 6.97. The standard InChI is InChI=1S/C20H21NO3S3/c1-2-24-19(23)16-15(12-3-4-12)11-27-18(16)21-17(22)13-5-7-14(8-6-13)20-25-9-10-26-20/h5-8,11-12,20H,2-4,9-10H2,1H3,(H,21,22). The van der Waals surface area contributed by atoms with Gasteiger partial charge in [0.2, 0.25) is 0 Å². The molecule has 2 heterocycles. The maximum absolute atomic E-state index is 12.7. The van der Waals surface area contributed by atoms with Gasteiger partial charge in [-0.2, -0.15) is 0 Å². The lowest BCUT2D eigenvalue weighted by Gasteiger charge is -2.10. The van der Waals surface area contributed by atoms with Crippen molar-refractivity contribution in [2.45, 2.75) is 30.3 Å². The summed E-state index contributed by atoms with van der Waals surface area (Å²) in [5, 5.41) is 5.50. The molecule has 0 spiro atoms. The summed E-state index contributed by atoms with van der Waals surface area (Å²) in [6.07, 6.45) is 2.18. The zero-order valence-corrected chi connectivity index (χ0v) is 17.5. The van der Waals surface area contributed by atoms with E-state index in [4.69, 9.17) is 4.74 Å². The van der Waals surface area contributed by atoms with Gasteiger partial charge in [0.1, 0.15) is 5.00 Å². The molecule has 0 atom stereocenters. The maximum atomic E-state index is 12.7. The zero-order valence-electron chi connectivity index (χ0n) is 15.0. The number of anilines is 1. The lowest BCUT2D eigenvalue weighted by Crippen LogP contribution is -2.15. The van der Waals surface area contributed by atoms with E-state index in [9.17, 15) is 9.59 Å². The summed E-state index contributed by atoms with van der Waals surface area (Å²) in [6.45, 7) is 2.12. The van der Waals surface area contributed by atoms with Gasteiger partial charge in [0.05, 0.1) is 16.8 Å². The van der Waals surface area contributed by atoms with E-state index in [2.05, 4.69) is 5.32 Å². The van der Waals surface area contributed by atoms with Crippen molar-refractivity contribution in [3.63, 3.8) is 0 Å². The quantitative estimate of drug-likeness (QED) is 0.624. The molecule has 1 saturated heterocycles. The number of thioether (sulfide) groups is 2. The predicted octanol–water partition coefficient (Wildman–Crippen LogP) is 5.53. The van der Waals surface area contributed by atoms with E-state index in [-0.39, 0.29) is 11.9 Å². The molecule has 1 N–H and O–H groups in total. The van der Waals surface area contributed by atoms with Crippen LogP contribution >= 0.6 is 34.9 Å². The summed E-state index contributed by atoms with van der Waals surface area (Å²) in [6, 6.07) is 7.79. The van der Waals surface area contributed by atoms with Crippen LogP contribution in [0.1, 0.15) is 62.1 Å². The molecule has 1 aromatic heterocycles. The molecule has 1 saturated carbocycles. The highest BCUT2D eigenvalue weighted by Crippen LogP contribution is 2.46. The first-order valence-electron chi connectivity index (χ1n) is 9.10. The van der Waals surface area contributed by atoms with Crippen LogP contribution in [-0.4, -0.2) is 30.0 Å². The number of thiophene rings is 1. The third-order valence-electron chi connectivity index (χ3n) is 4.61. The van der Waals surface area contributed by atoms with Crippen molar-refractivity contribution in [3.8, 4) is 0 Å². The first kappa shape index (κ1) is 18.9. The molecule has 2 fully saturated rings. The van der Waals surface area contributed by atoms with Crippen LogP contribution in [0.2, 0.25) is 0 Å². The lowest BCUT2D eigenvalue weighted by molar-refractivity contribution is 0.0527. The van der Waals surface area contributed by atoms with Gasteiger partial charge in [-0.3, -0.25) is 4.79 Å². The van der Waals surface area contributed by atoms with E-state index in [1.807, 2.05) is 53.2 Å². The summed E-state index contributed by atoms with van der Waals surface area (Å²) in [5.41, 5.74) is 3.40. The lowest BCUT2D eigenvalue weighted by atomic mass is 10.1. The number of hydrogen-bond donors (Lipinski definition) is 1. The zero-order chi connectivity index (χ0) is 18.8. The van der Waals surface area contributed by atoms with Crippen LogP contribution in [0.25, 0.3) is 0 Å². The Bertz CT molecular complexity index is 837. The number of carbonyl (C=O) groups is 2. The highest BCUT2D eigenvalue weighted by molar-refractivity contribution is 8.19. The van der Waals surface area contributed by atoms with Crippen molar-refractivity contribution in [3.05, 3.63) is 51.9 Å². The number of carbonyl (C=O) groups excluding carboxylic acids is 2. The number of rotatable bonds is 6. The molecule has 27 heavy (non-hydrogen) atoms. The Morgan fingerprint density at radius 2 is 1.85 bits per heavy atom. The topological polar surface area (TPSA) is 55.4 Å². The van der Waals surface area contributed by atoms with Crippen molar-refractivity contribution in [1.29, 1.82) is 0 Å². The molecule has 7 heteroatoms. The van der Waals surface area contributed by atoms with Crippen LogP contribution in [0.4, 0.5) is 5.00 Å². The van der Waals surface area contributed by atoms with Gasteiger partial charge in [-0.15, -0.1) is 34.9 Å². The Kier molecular flexibility index (Phi) is 5.80. The van der Waals surface area contributed by atoms with Crippen molar-refractivity contribution < 1.29 is 14.3 Å². The molecule has 0 radical (unpaired) electrons. The molecule has 0 unspecified atom stereocenters. The minimum absolute atomic E-state index is 0.192. The minimum atomic E-state index is -0.346. The molecule has 2 aromatic rings. The van der Waals surface area contributed by atoms with Gasteiger partial charge in [-0.05, 0) is 54.3 Å². The summed E-state index contributed by atoms with van der Waals surface area (Å²) >= 11 is 5.30. The van der Waals surface area contributed by atoms with Crippen LogP contribution in [0.5, 0.6) is 0 Å². The molecule has 0 bridgehead atoms. The number of amides is 1. The third kappa shape index (κ3) is 4.20. The van der Waals surface area contributed by atoms with E-state index in [1.165, 1.54) is 28.4 Å². The van der Waals surface area contributed by atoms with Crippen LogP contribution in [0.3, 0.4) is 0 Å². The highest BCUT2D eigenvalue weighted by Gasteiger charge is 2.32. The Labute approximate surface area is 171 Å². The summed E-state index contributed by atoms with van der Waals surface area (Å²) in [4.78, 5) is 25.1. The van der Waals surface area contributed by atoms with E-state index >= 15 is 0 Å². The van der Waals surface area contributed by atoms with E-state index in [0.717, 1.165) is 18.4 Å². The third-order valence-corrected chi connectivity index (χ3v) is 8.63. The Hall–Kier alpha value is -1.44. The number of ether oxygens (including phenoxy) is 1. The molecule has 1 aliphatic carbocycles. The van der Waals surface area contributed by atoms with Crippen LogP contribution in [0.15, 0.2) is 29.6 Å². The second kappa shape index (κ2) is 8.29. The average Bonchev–Trinajstić information content (AvgIpc) is 3.20. The average molecular weight is 420 g/mol. The SMILES string of the molecule is CCOC(=O)c1c(C2CC2)csc1NC(=O)c1ccc(C2SCCS2)cc1. The van der Waals surface area contributed by atoms with Crippen molar-refractivity contribution >= 4 is 51.7 Å². The Morgan fingerprint density at radius 1 is 1.15 bits per heavy atom. The van der Waals surface area contributed by atoms with E-state index in [0.29, 0.717) is 33.2 Å². The first-order valence-corrected chi connectivity index (χ1v) is 12.1. The van der Waals surface area contributed by atoms with Gasteiger partial charge < -0.3 is 10.1 Å². The highest BCUT2D eigenvalue weighted by atomic mass is 32.2. The van der Waals surface area contributed by atoms with Gasteiger partial charge >= 0.3 is 5.97 Å². The largest absolute Gasteiger partial charge is 0.462 e. The molecule has 4 rings (SSSR count). The number of nitrogens with one attached hydrogen (secondary N) is 1. The Balaban J connectivity index is 1.51. The molecule has 1 amide bonds. The van der Waals surface area contributed by atoms with Crippen molar-refractivity contribution in [2.24, 2.45) is 0 Å². The van der Waals surface area contributed by atoms with E-state index in [1.54, 1.807) is 6.92 Å². The summed E-state index contributed by atoms with van der Waals surface area (Å²) in [7, 11) is 0. The molecular weight excluding hydrogens is 398 g/mol. The second-order valence-corrected chi connectivity index (χ2v) is 10.1. The minimum Gasteiger partial charge on any atom is -0.462 e. The maximum Gasteiger partial charge on any atom is 0.341 e. The van der Waals surface area contributed by atoms with Crippen LogP contribution in [0, 0.1) is 0 Å². The monoisotopic (exact) mass is 419 g/mol. The smallest absolute Gasteiger partial charge is 0.341 e. The fraction of sp³-hybridized carbons (Fsp3) is 0.400. The first-order chi connectivity index (χ1) is 13.2.